The van der Waals surface area contributed by atoms with Gasteiger partial charge in [-0.05, 0) is 38.5 Å². The minimum absolute atomic E-state index is 0.651. The van der Waals surface area contributed by atoms with E-state index in [9.17, 15) is 0 Å². The molecule has 0 aromatic heterocycles. The summed E-state index contributed by atoms with van der Waals surface area (Å²) in [6.07, 6.45) is 0. The Labute approximate surface area is 109 Å². The number of rotatable bonds is 2. The summed E-state index contributed by atoms with van der Waals surface area (Å²) in [6.45, 7) is 11.1. The molecule has 1 heterocycles. The van der Waals surface area contributed by atoms with Crippen LogP contribution in [0.3, 0.4) is 0 Å². The highest BCUT2D eigenvalue weighted by molar-refractivity contribution is 6.31. The number of benzene rings is 1. The van der Waals surface area contributed by atoms with Crippen LogP contribution >= 0.6 is 11.6 Å². The summed E-state index contributed by atoms with van der Waals surface area (Å²) < 4.78 is 0. The second-order valence-corrected chi connectivity index (χ2v) is 5.41. The van der Waals surface area contributed by atoms with Gasteiger partial charge in [0.05, 0.1) is 0 Å². The maximum absolute atomic E-state index is 6.18. The van der Waals surface area contributed by atoms with Crippen molar-refractivity contribution in [2.75, 3.05) is 31.1 Å². The number of hydrogen-bond acceptors (Lipinski definition) is 2. The summed E-state index contributed by atoms with van der Waals surface area (Å²) in [4.78, 5) is 4.97. The average Bonchev–Trinajstić information content (AvgIpc) is 2.33. The molecule has 17 heavy (non-hydrogen) atoms. The lowest BCUT2D eigenvalue weighted by atomic mass is 10.1. The molecule has 2 nitrogen and oxygen atoms in total. The van der Waals surface area contributed by atoms with Crippen molar-refractivity contribution in [1.82, 2.24) is 4.90 Å². The first kappa shape index (κ1) is 12.7. The van der Waals surface area contributed by atoms with Gasteiger partial charge in [0.2, 0.25) is 0 Å². The van der Waals surface area contributed by atoms with E-state index in [4.69, 9.17) is 11.6 Å². The lowest BCUT2D eigenvalue weighted by molar-refractivity contribution is 0.209. The van der Waals surface area contributed by atoms with E-state index in [0.29, 0.717) is 6.04 Å². The highest BCUT2D eigenvalue weighted by Crippen LogP contribution is 2.27. The van der Waals surface area contributed by atoms with Gasteiger partial charge in [-0.15, -0.1) is 0 Å². The number of nitrogens with zero attached hydrogens (tertiary/aromatic N) is 2. The Hall–Kier alpha value is -0.730. The molecular weight excluding hydrogens is 232 g/mol. The molecule has 0 spiro atoms. The fraction of sp³-hybridized carbons (Fsp3) is 0.571. The summed E-state index contributed by atoms with van der Waals surface area (Å²) >= 11 is 6.18. The van der Waals surface area contributed by atoms with Crippen molar-refractivity contribution in [1.29, 1.82) is 0 Å². The van der Waals surface area contributed by atoms with Crippen LogP contribution in [0.1, 0.15) is 19.4 Å². The van der Waals surface area contributed by atoms with Gasteiger partial charge in [-0.1, -0.05) is 17.7 Å². The van der Waals surface area contributed by atoms with Gasteiger partial charge in [0.1, 0.15) is 0 Å². The molecular formula is C14H21ClN2. The van der Waals surface area contributed by atoms with Crippen molar-refractivity contribution >= 4 is 17.3 Å². The monoisotopic (exact) mass is 252 g/mol. The van der Waals surface area contributed by atoms with Crippen LogP contribution in [0.15, 0.2) is 18.2 Å². The third kappa shape index (κ3) is 2.75. The molecule has 1 fully saturated rings. The summed E-state index contributed by atoms with van der Waals surface area (Å²) in [5.74, 6) is 0. The number of piperazine rings is 1. The molecule has 0 aliphatic carbocycles. The van der Waals surface area contributed by atoms with Gasteiger partial charge in [-0.3, -0.25) is 4.90 Å². The second kappa shape index (κ2) is 5.28. The predicted molar refractivity (Wildman–Crippen MR) is 75.1 cm³/mol. The molecule has 1 aromatic carbocycles. The highest BCUT2D eigenvalue weighted by atomic mass is 35.5. The Morgan fingerprint density at radius 1 is 1.12 bits per heavy atom. The lowest BCUT2D eigenvalue weighted by Crippen LogP contribution is -2.49. The van der Waals surface area contributed by atoms with E-state index in [1.807, 2.05) is 12.1 Å². The highest BCUT2D eigenvalue weighted by Gasteiger charge is 2.20. The third-order valence-electron chi connectivity index (χ3n) is 3.62. The first-order valence-electron chi connectivity index (χ1n) is 6.33. The Kier molecular flexibility index (Phi) is 3.95. The van der Waals surface area contributed by atoms with Crippen molar-refractivity contribution in [3.8, 4) is 0 Å². The van der Waals surface area contributed by atoms with Crippen molar-refractivity contribution in [3.05, 3.63) is 28.8 Å². The molecule has 1 saturated heterocycles. The average molecular weight is 253 g/mol. The molecule has 94 valence electrons. The summed E-state index contributed by atoms with van der Waals surface area (Å²) in [5, 5.41) is 0.869. The molecule has 2 rings (SSSR count). The van der Waals surface area contributed by atoms with E-state index >= 15 is 0 Å². The molecule has 1 aromatic rings. The number of hydrogen-bond donors (Lipinski definition) is 0. The molecule has 3 heteroatoms. The van der Waals surface area contributed by atoms with E-state index in [0.717, 1.165) is 31.2 Å². The van der Waals surface area contributed by atoms with Crippen molar-refractivity contribution < 1.29 is 0 Å². The fourth-order valence-corrected chi connectivity index (χ4v) is 2.59. The SMILES string of the molecule is Cc1c(Cl)cccc1N1CCN(C(C)C)CC1. The molecule has 0 unspecified atom stereocenters. The molecule has 0 saturated carbocycles. The van der Waals surface area contributed by atoms with Crippen LogP contribution in [-0.4, -0.2) is 37.1 Å². The zero-order chi connectivity index (χ0) is 12.4. The van der Waals surface area contributed by atoms with Gasteiger partial charge < -0.3 is 4.90 Å². The molecule has 1 aliphatic rings. The minimum Gasteiger partial charge on any atom is -0.369 e. The predicted octanol–water partition coefficient (Wildman–Crippen LogP) is 3.18. The van der Waals surface area contributed by atoms with Crippen LogP contribution < -0.4 is 4.90 Å². The van der Waals surface area contributed by atoms with E-state index in [1.54, 1.807) is 0 Å². The lowest BCUT2D eigenvalue weighted by Gasteiger charge is -2.38. The molecule has 0 N–H and O–H groups in total. The van der Waals surface area contributed by atoms with Gasteiger partial charge in [0, 0.05) is 42.9 Å². The topological polar surface area (TPSA) is 6.48 Å². The Bertz CT molecular complexity index is 382. The van der Waals surface area contributed by atoms with Crippen molar-refractivity contribution in [2.24, 2.45) is 0 Å². The standard InChI is InChI=1S/C14H21ClN2/c1-11(2)16-7-9-17(10-8-16)14-6-4-5-13(15)12(14)3/h4-6,11H,7-10H2,1-3H3. The van der Waals surface area contributed by atoms with Crippen molar-refractivity contribution in [2.45, 2.75) is 26.8 Å². The molecule has 0 radical (unpaired) electrons. The maximum atomic E-state index is 6.18. The van der Waals surface area contributed by atoms with Crippen LogP contribution in [0, 0.1) is 6.92 Å². The van der Waals surface area contributed by atoms with Gasteiger partial charge in [-0.2, -0.15) is 0 Å². The van der Waals surface area contributed by atoms with Crippen molar-refractivity contribution in [3.63, 3.8) is 0 Å². The van der Waals surface area contributed by atoms with E-state index in [2.05, 4.69) is 36.6 Å². The number of anilines is 1. The van der Waals surface area contributed by atoms with Gasteiger partial charge in [0.15, 0.2) is 0 Å². The first-order valence-corrected chi connectivity index (χ1v) is 6.71. The smallest absolute Gasteiger partial charge is 0.0455 e. The first-order chi connectivity index (χ1) is 8.09. The van der Waals surface area contributed by atoms with Crippen LogP contribution in [-0.2, 0) is 0 Å². The summed E-state index contributed by atoms with van der Waals surface area (Å²) in [5.41, 5.74) is 2.49. The van der Waals surface area contributed by atoms with Crippen LogP contribution in [0.4, 0.5) is 5.69 Å². The van der Waals surface area contributed by atoms with E-state index < -0.39 is 0 Å². The third-order valence-corrected chi connectivity index (χ3v) is 4.03. The van der Waals surface area contributed by atoms with Gasteiger partial charge in [0.25, 0.3) is 0 Å². The molecule has 1 aliphatic heterocycles. The van der Waals surface area contributed by atoms with Crippen LogP contribution in [0.5, 0.6) is 0 Å². The molecule has 0 atom stereocenters. The number of halogens is 1. The van der Waals surface area contributed by atoms with E-state index in [1.165, 1.54) is 11.3 Å². The zero-order valence-corrected chi connectivity index (χ0v) is 11.7. The Morgan fingerprint density at radius 3 is 2.35 bits per heavy atom. The fourth-order valence-electron chi connectivity index (χ4n) is 2.42. The zero-order valence-electron chi connectivity index (χ0n) is 10.9. The normalized spacial score (nSPS) is 17.8. The molecule has 0 bridgehead atoms. The largest absolute Gasteiger partial charge is 0.369 e. The van der Waals surface area contributed by atoms with Crippen LogP contribution in [0.2, 0.25) is 5.02 Å². The van der Waals surface area contributed by atoms with E-state index in [-0.39, 0.29) is 0 Å². The van der Waals surface area contributed by atoms with Crippen LogP contribution in [0.25, 0.3) is 0 Å². The van der Waals surface area contributed by atoms with Gasteiger partial charge >= 0.3 is 0 Å². The van der Waals surface area contributed by atoms with Gasteiger partial charge in [-0.25, -0.2) is 0 Å². The summed E-state index contributed by atoms with van der Waals surface area (Å²) in [7, 11) is 0. The quantitative estimate of drug-likeness (QED) is 0.798. The maximum Gasteiger partial charge on any atom is 0.0455 e. The summed E-state index contributed by atoms with van der Waals surface area (Å²) in [6, 6.07) is 6.83. The molecule has 0 amide bonds. The Balaban J connectivity index is 2.08. The second-order valence-electron chi connectivity index (χ2n) is 5.00. The Morgan fingerprint density at radius 2 is 1.76 bits per heavy atom. The minimum atomic E-state index is 0.651.